The third kappa shape index (κ3) is 2.80. The first-order valence-electron chi connectivity index (χ1n) is 5.24. The molecule has 0 aliphatic carbocycles. The van der Waals surface area contributed by atoms with Gasteiger partial charge in [0.25, 0.3) is 0 Å². The average Bonchev–Trinajstić information content (AvgIpc) is 2.64. The molecule has 1 aromatic carbocycles. The van der Waals surface area contributed by atoms with Crippen LogP contribution in [-0.2, 0) is 13.5 Å². The van der Waals surface area contributed by atoms with Crippen LogP contribution in [0.1, 0.15) is 17.4 Å². The van der Waals surface area contributed by atoms with E-state index < -0.39 is 0 Å². The predicted molar refractivity (Wildman–Crippen MR) is 70.3 cm³/mol. The number of nitrogens with zero attached hydrogens (tertiary/aromatic N) is 2. The molecule has 90 valence electrons. The maximum absolute atomic E-state index is 6.13. The number of rotatable bonds is 3. The van der Waals surface area contributed by atoms with Gasteiger partial charge in [0.05, 0.1) is 0 Å². The number of aryl methyl sites for hydroxylation is 1. The third-order valence-electron chi connectivity index (χ3n) is 2.69. The van der Waals surface area contributed by atoms with E-state index in [0.717, 1.165) is 11.4 Å². The minimum absolute atomic E-state index is 0.180. The van der Waals surface area contributed by atoms with E-state index >= 15 is 0 Å². The highest BCUT2D eigenvalue weighted by molar-refractivity contribution is 6.35. The first-order valence-corrected chi connectivity index (χ1v) is 6.00. The molecule has 1 unspecified atom stereocenters. The van der Waals surface area contributed by atoms with E-state index in [1.54, 1.807) is 18.3 Å². The SMILES string of the molecule is Cn1ccnc1CC(N)c1ccc(Cl)cc1Cl. The lowest BCUT2D eigenvalue weighted by Gasteiger charge is -2.13. The van der Waals surface area contributed by atoms with Gasteiger partial charge in [0.1, 0.15) is 5.82 Å². The lowest BCUT2D eigenvalue weighted by molar-refractivity contribution is 0.660. The molecule has 1 heterocycles. The summed E-state index contributed by atoms with van der Waals surface area (Å²) in [5.74, 6) is 0.934. The molecular weight excluding hydrogens is 257 g/mol. The fourth-order valence-electron chi connectivity index (χ4n) is 1.70. The monoisotopic (exact) mass is 269 g/mol. The fourth-order valence-corrected chi connectivity index (χ4v) is 2.25. The molecule has 2 N–H and O–H groups in total. The number of hydrogen-bond acceptors (Lipinski definition) is 2. The Morgan fingerprint density at radius 1 is 1.41 bits per heavy atom. The maximum atomic E-state index is 6.13. The highest BCUT2D eigenvalue weighted by Crippen LogP contribution is 2.26. The van der Waals surface area contributed by atoms with E-state index in [1.807, 2.05) is 23.9 Å². The van der Waals surface area contributed by atoms with Gasteiger partial charge in [0.2, 0.25) is 0 Å². The van der Waals surface area contributed by atoms with Crippen molar-refractivity contribution < 1.29 is 0 Å². The molecule has 0 saturated heterocycles. The van der Waals surface area contributed by atoms with Crippen molar-refractivity contribution in [2.75, 3.05) is 0 Å². The Hall–Kier alpha value is -1.03. The van der Waals surface area contributed by atoms with Crippen LogP contribution in [0.25, 0.3) is 0 Å². The molecule has 5 heteroatoms. The van der Waals surface area contributed by atoms with E-state index in [9.17, 15) is 0 Å². The molecule has 17 heavy (non-hydrogen) atoms. The standard InChI is InChI=1S/C12H13Cl2N3/c1-17-5-4-16-12(17)7-11(15)9-3-2-8(13)6-10(9)14/h2-6,11H,7,15H2,1H3. The number of hydrogen-bond donors (Lipinski definition) is 1. The summed E-state index contributed by atoms with van der Waals surface area (Å²) in [6.07, 6.45) is 4.29. The van der Waals surface area contributed by atoms with Crippen LogP contribution < -0.4 is 5.73 Å². The van der Waals surface area contributed by atoms with Gasteiger partial charge in [-0.2, -0.15) is 0 Å². The Morgan fingerprint density at radius 2 is 2.18 bits per heavy atom. The molecular formula is C12H13Cl2N3. The zero-order valence-electron chi connectivity index (χ0n) is 9.40. The molecule has 0 radical (unpaired) electrons. The van der Waals surface area contributed by atoms with Crippen molar-refractivity contribution in [3.63, 3.8) is 0 Å². The van der Waals surface area contributed by atoms with Crippen molar-refractivity contribution >= 4 is 23.2 Å². The molecule has 2 rings (SSSR count). The molecule has 0 amide bonds. The zero-order chi connectivity index (χ0) is 12.4. The van der Waals surface area contributed by atoms with Crippen molar-refractivity contribution in [1.29, 1.82) is 0 Å². The Bertz CT molecular complexity index is 522. The van der Waals surface area contributed by atoms with Crippen molar-refractivity contribution in [2.24, 2.45) is 12.8 Å². The lowest BCUT2D eigenvalue weighted by atomic mass is 10.0. The van der Waals surface area contributed by atoms with Gasteiger partial charge in [0, 0.05) is 41.9 Å². The van der Waals surface area contributed by atoms with Gasteiger partial charge in [-0.05, 0) is 17.7 Å². The summed E-state index contributed by atoms with van der Waals surface area (Å²) in [6, 6.07) is 5.18. The summed E-state index contributed by atoms with van der Waals surface area (Å²) >= 11 is 12.0. The minimum atomic E-state index is -0.180. The molecule has 0 saturated carbocycles. The fraction of sp³-hybridized carbons (Fsp3) is 0.250. The summed E-state index contributed by atoms with van der Waals surface area (Å²) in [5, 5.41) is 1.21. The molecule has 0 aliphatic heterocycles. The van der Waals surface area contributed by atoms with E-state index in [1.165, 1.54) is 0 Å². The number of imidazole rings is 1. The molecule has 1 atom stereocenters. The molecule has 0 aliphatic rings. The van der Waals surface area contributed by atoms with Gasteiger partial charge in [-0.3, -0.25) is 0 Å². The van der Waals surface area contributed by atoms with Crippen LogP contribution in [0, 0.1) is 0 Å². The van der Waals surface area contributed by atoms with Crippen molar-refractivity contribution in [3.8, 4) is 0 Å². The summed E-state index contributed by atoms with van der Waals surface area (Å²) in [6.45, 7) is 0. The Balaban J connectivity index is 2.20. The second kappa shape index (κ2) is 5.08. The van der Waals surface area contributed by atoms with Crippen LogP contribution >= 0.6 is 23.2 Å². The first-order chi connectivity index (χ1) is 8.08. The van der Waals surface area contributed by atoms with Gasteiger partial charge in [-0.15, -0.1) is 0 Å². The minimum Gasteiger partial charge on any atom is -0.338 e. The molecule has 0 spiro atoms. The molecule has 0 bridgehead atoms. The molecule has 2 aromatic rings. The summed E-state index contributed by atoms with van der Waals surface area (Å²) in [7, 11) is 1.94. The van der Waals surface area contributed by atoms with Crippen LogP contribution in [0.4, 0.5) is 0 Å². The number of benzene rings is 1. The summed E-state index contributed by atoms with van der Waals surface area (Å²) in [5.41, 5.74) is 7.01. The van der Waals surface area contributed by atoms with E-state index in [-0.39, 0.29) is 6.04 Å². The second-order valence-electron chi connectivity index (χ2n) is 3.93. The van der Waals surface area contributed by atoms with Crippen molar-refractivity contribution in [2.45, 2.75) is 12.5 Å². The molecule has 3 nitrogen and oxygen atoms in total. The van der Waals surface area contributed by atoms with E-state index in [4.69, 9.17) is 28.9 Å². The Kier molecular flexibility index (Phi) is 3.72. The van der Waals surface area contributed by atoms with Crippen LogP contribution in [0.15, 0.2) is 30.6 Å². The van der Waals surface area contributed by atoms with Gasteiger partial charge in [-0.25, -0.2) is 4.98 Å². The number of nitrogens with two attached hydrogens (primary N) is 1. The van der Waals surface area contributed by atoms with Crippen molar-refractivity contribution in [1.82, 2.24) is 9.55 Å². The molecule has 0 fully saturated rings. The summed E-state index contributed by atoms with van der Waals surface area (Å²) < 4.78 is 1.95. The van der Waals surface area contributed by atoms with Gasteiger partial charge in [-0.1, -0.05) is 29.3 Å². The zero-order valence-corrected chi connectivity index (χ0v) is 10.9. The normalized spacial score (nSPS) is 12.7. The van der Waals surface area contributed by atoms with Crippen LogP contribution in [0.5, 0.6) is 0 Å². The summed E-state index contributed by atoms with van der Waals surface area (Å²) in [4.78, 5) is 4.24. The van der Waals surface area contributed by atoms with E-state index in [0.29, 0.717) is 16.5 Å². The van der Waals surface area contributed by atoms with Crippen LogP contribution in [0.2, 0.25) is 10.0 Å². The Morgan fingerprint density at radius 3 is 2.76 bits per heavy atom. The van der Waals surface area contributed by atoms with Gasteiger partial charge in [0.15, 0.2) is 0 Å². The van der Waals surface area contributed by atoms with Crippen molar-refractivity contribution in [3.05, 3.63) is 52.0 Å². The molecule has 1 aromatic heterocycles. The van der Waals surface area contributed by atoms with Gasteiger partial charge < -0.3 is 10.3 Å². The number of aromatic nitrogens is 2. The first kappa shape index (κ1) is 12.4. The quantitative estimate of drug-likeness (QED) is 0.931. The third-order valence-corrected chi connectivity index (χ3v) is 3.25. The largest absolute Gasteiger partial charge is 0.338 e. The second-order valence-corrected chi connectivity index (χ2v) is 4.77. The van der Waals surface area contributed by atoms with Crippen LogP contribution in [0.3, 0.4) is 0 Å². The maximum Gasteiger partial charge on any atom is 0.110 e. The van der Waals surface area contributed by atoms with E-state index in [2.05, 4.69) is 4.98 Å². The predicted octanol–water partition coefficient (Wildman–Crippen LogP) is 2.97. The Labute approximate surface area is 110 Å². The smallest absolute Gasteiger partial charge is 0.110 e. The number of halogens is 2. The van der Waals surface area contributed by atoms with Crippen LogP contribution in [-0.4, -0.2) is 9.55 Å². The average molecular weight is 270 g/mol. The lowest BCUT2D eigenvalue weighted by Crippen LogP contribution is -2.16. The van der Waals surface area contributed by atoms with Gasteiger partial charge >= 0.3 is 0 Å². The topological polar surface area (TPSA) is 43.8 Å². The highest BCUT2D eigenvalue weighted by atomic mass is 35.5. The highest BCUT2D eigenvalue weighted by Gasteiger charge is 2.13.